The van der Waals surface area contributed by atoms with Crippen LogP contribution in [0, 0.1) is 0 Å². The molecule has 0 unspecified atom stereocenters. The van der Waals surface area contributed by atoms with Crippen molar-refractivity contribution in [2.45, 2.75) is 18.9 Å². The molecule has 0 saturated heterocycles. The molecular formula is C14H20N2O3. The molecule has 0 aliphatic heterocycles. The SMILES string of the molecule is COCCN(c1ccc(N)cc1C(=O)OC)C1CC1. The Hall–Kier alpha value is -1.75. The van der Waals surface area contributed by atoms with Gasteiger partial charge in [-0.05, 0) is 31.0 Å². The fourth-order valence-electron chi connectivity index (χ4n) is 2.15. The molecule has 1 aliphatic carbocycles. The first-order valence-corrected chi connectivity index (χ1v) is 6.40. The minimum Gasteiger partial charge on any atom is -0.465 e. The Kier molecular flexibility index (Phi) is 4.27. The Morgan fingerprint density at radius 3 is 2.74 bits per heavy atom. The van der Waals surface area contributed by atoms with E-state index in [-0.39, 0.29) is 5.97 Å². The maximum Gasteiger partial charge on any atom is 0.340 e. The number of hydrogen-bond donors (Lipinski definition) is 1. The number of anilines is 2. The van der Waals surface area contributed by atoms with Crippen molar-refractivity contribution in [2.24, 2.45) is 0 Å². The summed E-state index contributed by atoms with van der Waals surface area (Å²) in [6, 6.07) is 5.85. The molecule has 0 aromatic heterocycles. The number of nitrogen functional groups attached to an aromatic ring is 1. The van der Waals surface area contributed by atoms with Crippen molar-refractivity contribution in [3.05, 3.63) is 23.8 Å². The lowest BCUT2D eigenvalue weighted by Gasteiger charge is -2.26. The third kappa shape index (κ3) is 3.17. The highest BCUT2D eigenvalue weighted by atomic mass is 16.5. The lowest BCUT2D eigenvalue weighted by Crippen LogP contribution is -2.31. The van der Waals surface area contributed by atoms with Gasteiger partial charge in [0.1, 0.15) is 0 Å². The monoisotopic (exact) mass is 264 g/mol. The van der Waals surface area contributed by atoms with E-state index in [9.17, 15) is 4.79 Å². The van der Waals surface area contributed by atoms with Crippen molar-refractivity contribution in [1.29, 1.82) is 0 Å². The molecular weight excluding hydrogens is 244 g/mol. The van der Waals surface area contributed by atoms with E-state index in [0.29, 0.717) is 23.9 Å². The molecule has 1 aromatic rings. The Labute approximate surface area is 113 Å². The van der Waals surface area contributed by atoms with Gasteiger partial charge in [-0.2, -0.15) is 0 Å². The van der Waals surface area contributed by atoms with E-state index in [0.717, 1.165) is 25.1 Å². The normalized spacial score (nSPS) is 14.2. The Morgan fingerprint density at radius 2 is 2.16 bits per heavy atom. The maximum atomic E-state index is 11.9. The molecule has 1 aromatic carbocycles. The topological polar surface area (TPSA) is 64.8 Å². The lowest BCUT2D eigenvalue weighted by atomic mass is 10.1. The number of rotatable bonds is 6. The van der Waals surface area contributed by atoms with Crippen LogP contribution in [0.2, 0.25) is 0 Å². The van der Waals surface area contributed by atoms with Gasteiger partial charge in [-0.25, -0.2) is 4.79 Å². The highest BCUT2D eigenvalue weighted by Gasteiger charge is 2.31. The van der Waals surface area contributed by atoms with Crippen LogP contribution in [0.1, 0.15) is 23.2 Å². The van der Waals surface area contributed by atoms with E-state index in [1.165, 1.54) is 7.11 Å². The molecule has 19 heavy (non-hydrogen) atoms. The van der Waals surface area contributed by atoms with Gasteiger partial charge in [-0.3, -0.25) is 0 Å². The van der Waals surface area contributed by atoms with Crippen LogP contribution in [0.25, 0.3) is 0 Å². The van der Waals surface area contributed by atoms with E-state index in [4.69, 9.17) is 15.2 Å². The molecule has 5 heteroatoms. The summed E-state index contributed by atoms with van der Waals surface area (Å²) in [5.74, 6) is -0.356. The van der Waals surface area contributed by atoms with Crippen LogP contribution in [0.15, 0.2) is 18.2 Å². The third-order valence-electron chi connectivity index (χ3n) is 3.26. The molecule has 1 aliphatic rings. The molecule has 0 radical (unpaired) electrons. The highest BCUT2D eigenvalue weighted by Crippen LogP contribution is 2.34. The smallest absolute Gasteiger partial charge is 0.340 e. The summed E-state index contributed by atoms with van der Waals surface area (Å²) in [6.07, 6.45) is 2.30. The number of ether oxygens (including phenoxy) is 2. The standard InChI is InChI=1S/C14H20N2O3/c1-18-8-7-16(11-4-5-11)13-6-3-10(15)9-12(13)14(17)19-2/h3,6,9,11H,4-5,7-8,15H2,1-2H3. The fraction of sp³-hybridized carbons (Fsp3) is 0.500. The minimum atomic E-state index is -0.356. The molecule has 5 nitrogen and oxygen atoms in total. The number of methoxy groups -OCH3 is 2. The van der Waals surface area contributed by atoms with Crippen molar-refractivity contribution < 1.29 is 14.3 Å². The van der Waals surface area contributed by atoms with Gasteiger partial charge in [0.2, 0.25) is 0 Å². The van der Waals surface area contributed by atoms with Gasteiger partial charge in [0.05, 0.1) is 25.0 Å². The zero-order chi connectivity index (χ0) is 13.8. The summed E-state index contributed by atoms with van der Waals surface area (Å²) in [6.45, 7) is 1.39. The molecule has 104 valence electrons. The second kappa shape index (κ2) is 5.93. The van der Waals surface area contributed by atoms with Gasteiger partial charge in [-0.1, -0.05) is 0 Å². The van der Waals surface area contributed by atoms with Crippen molar-refractivity contribution in [2.75, 3.05) is 38.0 Å². The number of nitrogens with two attached hydrogens (primary N) is 1. The number of carbonyl (C=O) groups excluding carboxylic acids is 1. The van der Waals surface area contributed by atoms with Gasteiger partial charge in [0, 0.05) is 25.4 Å². The van der Waals surface area contributed by atoms with Crippen LogP contribution in [0.3, 0.4) is 0 Å². The average Bonchev–Trinajstić information content (AvgIpc) is 3.24. The van der Waals surface area contributed by atoms with Crippen molar-refractivity contribution >= 4 is 17.3 Å². The second-order valence-electron chi connectivity index (χ2n) is 4.69. The fourth-order valence-corrected chi connectivity index (χ4v) is 2.15. The molecule has 0 amide bonds. The number of esters is 1. The largest absolute Gasteiger partial charge is 0.465 e. The molecule has 0 atom stereocenters. The quantitative estimate of drug-likeness (QED) is 0.625. The molecule has 1 saturated carbocycles. The summed E-state index contributed by atoms with van der Waals surface area (Å²) in [4.78, 5) is 14.1. The van der Waals surface area contributed by atoms with Gasteiger partial charge in [0.25, 0.3) is 0 Å². The summed E-state index contributed by atoms with van der Waals surface area (Å²) in [5, 5.41) is 0. The van der Waals surface area contributed by atoms with E-state index < -0.39 is 0 Å². The van der Waals surface area contributed by atoms with Crippen LogP contribution in [-0.4, -0.2) is 39.4 Å². The van der Waals surface area contributed by atoms with Gasteiger partial charge >= 0.3 is 5.97 Å². The van der Waals surface area contributed by atoms with Crippen LogP contribution in [0.5, 0.6) is 0 Å². The minimum absolute atomic E-state index is 0.356. The molecule has 0 spiro atoms. The third-order valence-corrected chi connectivity index (χ3v) is 3.26. The Morgan fingerprint density at radius 1 is 1.42 bits per heavy atom. The summed E-state index contributed by atoms with van der Waals surface area (Å²) < 4.78 is 9.97. The predicted molar refractivity (Wildman–Crippen MR) is 74.4 cm³/mol. The first-order chi connectivity index (χ1) is 9.17. The summed E-state index contributed by atoms with van der Waals surface area (Å²) >= 11 is 0. The van der Waals surface area contributed by atoms with Gasteiger partial charge in [-0.15, -0.1) is 0 Å². The summed E-state index contributed by atoms with van der Waals surface area (Å²) in [5.41, 5.74) is 7.72. The van der Waals surface area contributed by atoms with Crippen molar-refractivity contribution in [3.63, 3.8) is 0 Å². The van der Waals surface area contributed by atoms with Crippen LogP contribution in [-0.2, 0) is 9.47 Å². The predicted octanol–water partition coefficient (Wildman–Crippen LogP) is 1.67. The van der Waals surface area contributed by atoms with E-state index in [1.807, 2.05) is 12.1 Å². The van der Waals surface area contributed by atoms with Crippen LogP contribution >= 0.6 is 0 Å². The molecule has 0 heterocycles. The second-order valence-corrected chi connectivity index (χ2v) is 4.69. The van der Waals surface area contributed by atoms with Gasteiger partial charge < -0.3 is 20.1 Å². The van der Waals surface area contributed by atoms with Crippen molar-refractivity contribution in [3.8, 4) is 0 Å². The molecule has 2 N–H and O–H groups in total. The summed E-state index contributed by atoms with van der Waals surface area (Å²) in [7, 11) is 3.06. The zero-order valence-corrected chi connectivity index (χ0v) is 11.4. The molecule has 0 bridgehead atoms. The van der Waals surface area contributed by atoms with Crippen molar-refractivity contribution in [1.82, 2.24) is 0 Å². The van der Waals surface area contributed by atoms with Crippen LogP contribution < -0.4 is 10.6 Å². The lowest BCUT2D eigenvalue weighted by molar-refractivity contribution is 0.0601. The number of carbonyl (C=O) groups is 1. The highest BCUT2D eigenvalue weighted by molar-refractivity contribution is 5.97. The Balaban J connectivity index is 2.32. The Bertz CT molecular complexity index is 458. The molecule has 2 rings (SSSR count). The number of hydrogen-bond acceptors (Lipinski definition) is 5. The first-order valence-electron chi connectivity index (χ1n) is 6.40. The van der Waals surface area contributed by atoms with Crippen LogP contribution in [0.4, 0.5) is 11.4 Å². The maximum absolute atomic E-state index is 11.9. The number of benzene rings is 1. The zero-order valence-electron chi connectivity index (χ0n) is 11.4. The van der Waals surface area contributed by atoms with Gasteiger partial charge in [0.15, 0.2) is 0 Å². The average molecular weight is 264 g/mol. The van der Waals surface area contributed by atoms with E-state index >= 15 is 0 Å². The number of nitrogens with zero attached hydrogens (tertiary/aromatic N) is 1. The van der Waals surface area contributed by atoms with E-state index in [1.54, 1.807) is 13.2 Å². The molecule has 1 fully saturated rings. The van der Waals surface area contributed by atoms with E-state index in [2.05, 4.69) is 4.90 Å². The first kappa shape index (κ1) is 13.7.